The first-order chi connectivity index (χ1) is 14.3. The summed E-state index contributed by atoms with van der Waals surface area (Å²) in [5, 5.41) is 12.1. The van der Waals surface area contributed by atoms with Gasteiger partial charge in [0.25, 0.3) is 5.91 Å². The maximum Gasteiger partial charge on any atom is 0.251 e. The Bertz CT molecular complexity index is 725. The average Bonchev–Trinajstić information content (AvgIpc) is 2.70. The van der Waals surface area contributed by atoms with E-state index in [-0.39, 0.29) is 24.0 Å². The molecule has 1 rings (SSSR count). The molecule has 1 aromatic carbocycles. The van der Waals surface area contributed by atoms with Crippen molar-refractivity contribution in [1.29, 1.82) is 0 Å². The highest BCUT2D eigenvalue weighted by Crippen LogP contribution is 2.08. The molecule has 0 saturated heterocycles. The Balaban J connectivity index is 0.00000900. The van der Waals surface area contributed by atoms with Gasteiger partial charge in [-0.15, -0.1) is 0 Å². The molecule has 0 aromatic heterocycles. The SMILES string of the molecule is CN[C@@H](CC(C)C)C(=O)N[C@@H](CCCCNC(=O)c1cccc(CN=[NH2+])c1)C(N)=O.[NH2-]. The number of nitrogens with one attached hydrogen (secondary N) is 3. The minimum atomic E-state index is -0.729. The monoisotopic (exact) mass is 435 g/mol. The van der Waals surface area contributed by atoms with Crippen molar-refractivity contribution < 1.29 is 19.9 Å². The Morgan fingerprint density at radius 3 is 2.45 bits per heavy atom. The topological polar surface area (TPSA) is 185 Å². The van der Waals surface area contributed by atoms with E-state index in [0.29, 0.717) is 50.3 Å². The van der Waals surface area contributed by atoms with Gasteiger partial charge in [-0.25, -0.2) is 0 Å². The first-order valence-corrected chi connectivity index (χ1v) is 10.3. The van der Waals surface area contributed by atoms with Crippen LogP contribution in [0.5, 0.6) is 0 Å². The molecule has 2 atom stereocenters. The fraction of sp³-hybridized carbons (Fsp3) is 0.571. The number of amides is 3. The summed E-state index contributed by atoms with van der Waals surface area (Å²) in [6.45, 7) is 4.87. The molecular weight excluding hydrogens is 398 g/mol. The molecule has 0 heterocycles. The highest BCUT2D eigenvalue weighted by molar-refractivity contribution is 5.94. The lowest BCUT2D eigenvalue weighted by Crippen LogP contribution is -2.51. The molecule has 0 bridgehead atoms. The Labute approximate surface area is 184 Å². The zero-order valence-electron chi connectivity index (χ0n) is 18.7. The third-order valence-electron chi connectivity index (χ3n) is 4.70. The van der Waals surface area contributed by atoms with Gasteiger partial charge in [0.2, 0.25) is 11.8 Å². The number of carbonyl (C=O) groups is 3. The van der Waals surface area contributed by atoms with Gasteiger partial charge in [-0.1, -0.05) is 26.0 Å². The number of likely N-dealkylation sites (N-methyl/N-ethyl adjacent to an activating group) is 1. The number of hydrogen-bond donors (Lipinski definition) is 5. The lowest BCUT2D eigenvalue weighted by Gasteiger charge is -2.21. The molecule has 0 aliphatic carbocycles. The Kier molecular flexibility index (Phi) is 13.6. The second-order valence-electron chi connectivity index (χ2n) is 7.73. The highest BCUT2D eigenvalue weighted by Gasteiger charge is 2.23. The molecular formula is C21H37N7O3. The van der Waals surface area contributed by atoms with Gasteiger partial charge < -0.3 is 27.8 Å². The summed E-state index contributed by atoms with van der Waals surface area (Å²) >= 11 is 0. The molecule has 0 aliphatic heterocycles. The fourth-order valence-electron chi connectivity index (χ4n) is 3.08. The molecule has 10 heteroatoms. The summed E-state index contributed by atoms with van der Waals surface area (Å²) in [4.78, 5) is 36.3. The summed E-state index contributed by atoms with van der Waals surface area (Å²) < 4.78 is 0. The van der Waals surface area contributed by atoms with E-state index < -0.39 is 11.9 Å². The van der Waals surface area contributed by atoms with Crippen LogP contribution in [0.2, 0.25) is 0 Å². The molecule has 9 N–H and O–H groups in total. The molecule has 174 valence electrons. The number of nitrogens with zero attached hydrogens (tertiary/aromatic N) is 1. The van der Waals surface area contributed by atoms with Gasteiger partial charge in [0, 0.05) is 12.1 Å². The molecule has 3 amide bonds. The first-order valence-electron chi connectivity index (χ1n) is 10.3. The van der Waals surface area contributed by atoms with Crippen LogP contribution >= 0.6 is 0 Å². The minimum Gasteiger partial charge on any atom is -0.693 e. The summed E-state index contributed by atoms with van der Waals surface area (Å²) in [6.07, 6.45) is 2.38. The highest BCUT2D eigenvalue weighted by atomic mass is 16.2. The maximum atomic E-state index is 12.4. The quantitative estimate of drug-likeness (QED) is 0.212. The number of primary amides is 1. The Hall–Kier alpha value is -2.85. The lowest BCUT2D eigenvalue weighted by atomic mass is 10.0. The lowest BCUT2D eigenvalue weighted by molar-refractivity contribution is -0.223. The minimum absolute atomic E-state index is 0. The van der Waals surface area contributed by atoms with Crippen molar-refractivity contribution >= 4 is 17.7 Å². The summed E-state index contributed by atoms with van der Waals surface area (Å²) in [5.41, 5.74) is 12.0. The average molecular weight is 436 g/mol. The van der Waals surface area contributed by atoms with Gasteiger partial charge in [-0.05, 0) is 61.5 Å². The zero-order chi connectivity index (χ0) is 22.5. The van der Waals surface area contributed by atoms with Gasteiger partial charge in [0.15, 0.2) is 0 Å². The van der Waals surface area contributed by atoms with E-state index in [1.807, 2.05) is 19.9 Å². The van der Waals surface area contributed by atoms with Gasteiger partial charge >= 0.3 is 0 Å². The summed E-state index contributed by atoms with van der Waals surface area (Å²) in [7, 11) is 1.72. The van der Waals surface area contributed by atoms with Crippen LogP contribution in [-0.4, -0.2) is 43.4 Å². The number of carbonyl (C=O) groups excluding carboxylic acids is 3. The van der Waals surface area contributed by atoms with Crippen LogP contribution < -0.4 is 27.2 Å². The van der Waals surface area contributed by atoms with Crippen molar-refractivity contribution in [2.24, 2.45) is 16.8 Å². The largest absolute Gasteiger partial charge is 0.693 e. The molecule has 10 nitrogen and oxygen atoms in total. The van der Waals surface area contributed by atoms with Crippen molar-refractivity contribution in [3.05, 3.63) is 41.5 Å². The van der Waals surface area contributed by atoms with Gasteiger partial charge in [0.1, 0.15) is 12.6 Å². The maximum absolute atomic E-state index is 12.4. The molecule has 0 radical (unpaired) electrons. The van der Waals surface area contributed by atoms with E-state index in [4.69, 9.17) is 11.3 Å². The molecule has 0 aliphatic rings. The second-order valence-corrected chi connectivity index (χ2v) is 7.73. The molecule has 0 unspecified atom stereocenters. The van der Waals surface area contributed by atoms with Crippen molar-refractivity contribution in [3.63, 3.8) is 0 Å². The van der Waals surface area contributed by atoms with Crippen LogP contribution in [0.15, 0.2) is 29.4 Å². The van der Waals surface area contributed by atoms with Crippen LogP contribution in [-0.2, 0) is 16.1 Å². The van der Waals surface area contributed by atoms with Gasteiger partial charge in [-0.2, -0.15) is 5.53 Å². The Morgan fingerprint density at radius 2 is 1.87 bits per heavy atom. The van der Waals surface area contributed by atoms with Crippen molar-refractivity contribution in [3.8, 4) is 0 Å². The van der Waals surface area contributed by atoms with Crippen molar-refractivity contribution in [2.75, 3.05) is 13.6 Å². The van der Waals surface area contributed by atoms with Crippen molar-refractivity contribution in [2.45, 2.75) is 58.2 Å². The van der Waals surface area contributed by atoms with E-state index in [9.17, 15) is 14.4 Å². The third kappa shape index (κ3) is 10.7. The number of benzene rings is 1. The number of hydrogen-bond acceptors (Lipinski definition) is 5. The predicted molar refractivity (Wildman–Crippen MR) is 119 cm³/mol. The van der Waals surface area contributed by atoms with E-state index in [1.54, 1.807) is 25.2 Å². The van der Waals surface area contributed by atoms with Crippen LogP contribution in [0.3, 0.4) is 0 Å². The third-order valence-corrected chi connectivity index (χ3v) is 4.70. The number of nitrogens with two attached hydrogens (primary N) is 3. The van der Waals surface area contributed by atoms with E-state index in [1.165, 1.54) is 0 Å². The summed E-state index contributed by atoms with van der Waals surface area (Å²) in [6, 6.07) is 6.02. The van der Waals surface area contributed by atoms with Crippen LogP contribution in [0.4, 0.5) is 0 Å². The summed E-state index contributed by atoms with van der Waals surface area (Å²) in [5.74, 6) is -0.630. The van der Waals surface area contributed by atoms with Crippen molar-refractivity contribution in [1.82, 2.24) is 16.0 Å². The second kappa shape index (κ2) is 15.0. The molecule has 1 aromatic rings. The van der Waals surface area contributed by atoms with Gasteiger partial charge in [-0.3, -0.25) is 14.4 Å². The van der Waals surface area contributed by atoms with E-state index >= 15 is 0 Å². The van der Waals surface area contributed by atoms with E-state index in [0.717, 1.165) is 5.56 Å². The normalized spacial score (nSPS) is 12.4. The standard InChI is InChI=1S/C21H34N6O3.H2N/c1-14(2)11-18(24-3)21(30)27-17(19(22)28)9-4-5-10-25-20(29)16-8-6-7-15(12-16)13-26-23;/h6-8,12,14,17-18,23-24H,4-5,9-11,13H2,1-3H3,(H2,22,28)(H,25,29)(H,27,30);1H2/q;-1/p+1/t17-,18-;/m0./s1. The number of unbranched alkanes of at least 4 members (excludes halogenated alkanes) is 1. The number of rotatable bonds is 14. The van der Waals surface area contributed by atoms with Gasteiger partial charge in [0.05, 0.1) is 6.04 Å². The zero-order valence-corrected chi connectivity index (χ0v) is 18.7. The van der Waals surface area contributed by atoms with E-state index in [2.05, 4.69) is 21.1 Å². The molecule has 0 fully saturated rings. The molecule has 0 saturated carbocycles. The van der Waals surface area contributed by atoms with Crippen LogP contribution in [0, 0.1) is 5.92 Å². The van der Waals surface area contributed by atoms with Crippen LogP contribution in [0.25, 0.3) is 6.15 Å². The Morgan fingerprint density at radius 1 is 1.16 bits per heavy atom. The molecule has 31 heavy (non-hydrogen) atoms. The smallest absolute Gasteiger partial charge is 0.251 e. The molecule has 0 spiro atoms. The predicted octanol–water partition coefficient (Wildman–Crippen LogP) is 0.619. The first kappa shape index (κ1) is 28.1. The van der Waals surface area contributed by atoms with Crippen LogP contribution in [0.1, 0.15) is 55.5 Å². The fourth-order valence-corrected chi connectivity index (χ4v) is 3.08.